The summed E-state index contributed by atoms with van der Waals surface area (Å²) >= 11 is 5.87. The van der Waals surface area contributed by atoms with Gasteiger partial charge in [0.15, 0.2) is 0 Å². The van der Waals surface area contributed by atoms with Crippen LogP contribution in [0.4, 0.5) is 13.2 Å². The number of alkyl halides is 3. The third-order valence-corrected chi connectivity index (χ3v) is 2.84. The molecule has 20 heavy (non-hydrogen) atoms. The topological polar surface area (TPSA) is 9.23 Å². The van der Waals surface area contributed by atoms with Gasteiger partial charge in [0.25, 0.3) is 0 Å². The van der Waals surface area contributed by atoms with Crippen LogP contribution < -0.4 is 4.74 Å². The van der Waals surface area contributed by atoms with Crippen LogP contribution in [0.1, 0.15) is 5.56 Å². The highest BCUT2D eigenvalue weighted by Gasteiger charge is 2.32. The zero-order valence-electron chi connectivity index (χ0n) is 10.2. The Morgan fingerprint density at radius 1 is 1.10 bits per heavy atom. The van der Waals surface area contributed by atoms with Crippen LogP contribution in [-0.4, -0.2) is 6.36 Å². The Morgan fingerprint density at radius 3 is 2.45 bits per heavy atom. The van der Waals surface area contributed by atoms with Crippen molar-refractivity contribution in [1.82, 2.24) is 0 Å². The van der Waals surface area contributed by atoms with Crippen molar-refractivity contribution >= 4 is 17.7 Å². The molecule has 2 rings (SSSR count). The predicted molar refractivity (Wildman–Crippen MR) is 73.7 cm³/mol. The molecule has 0 N–H and O–H groups in total. The number of ether oxygens (including phenoxy) is 1. The zero-order valence-corrected chi connectivity index (χ0v) is 11.0. The molecule has 0 aliphatic carbocycles. The van der Waals surface area contributed by atoms with E-state index in [0.717, 1.165) is 0 Å². The molecule has 0 bridgehead atoms. The second-order valence-corrected chi connectivity index (χ2v) is 4.45. The van der Waals surface area contributed by atoms with Gasteiger partial charge in [-0.3, -0.25) is 0 Å². The van der Waals surface area contributed by atoms with Gasteiger partial charge in [0.05, 0.1) is 0 Å². The van der Waals surface area contributed by atoms with Crippen molar-refractivity contribution in [3.63, 3.8) is 0 Å². The Kier molecular flexibility index (Phi) is 4.04. The maximum atomic E-state index is 12.4. The van der Waals surface area contributed by atoms with Gasteiger partial charge in [-0.25, -0.2) is 0 Å². The first-order chi connectivity index (χ1) is 9.39. The minimum Gasteiger partial charge on any atom is -0.405 e. The van der Waals surface area contributed by atoms with Gasteiger partial charge in [-0.05, 0) is 35.4 Å². The molecule has 0 unspecified atom stereocenters. The lowest BCUT2D eigenvalue weighted by Gasteiger charge is -2.14. The Morgan fingerprint density at radius 2 is 1.85 bits per heavy atom. The minimum absolute atomic E-state index is 0.273. The van der Waals surface area contributed by atoms with Crippen molar-refractivity contribution in [2.45, 2.75) is 6.36 Å². The van der Waals surface area contributed by atoms with Crippen molar-refractivity contribution < 1.29 is 17.9 Å². The first-order valence-corrected chi connectivity index (χ1v) is 6.05. The van der Waals surface area contributed by atoms with Crippen LogP contribution in [0, 0.1) is 0 Å². The summed E-state index contributed by atoms with van der Waals surface area (Å²) in [6.45, 7) is 3.60. The van der Waals surface area contributed by atoms with E-state index in [1.807, 2.05) is 0 Å². The van der Waals surface area contributed by atoms with Gasteiger partial charge in [0, 0.05) is 10.6 Å². The second kappa shape index (κ2) is 5.59. The Balaban J connectivity index is 2.55. The van der Waals surface area contributed by atoms with E-state index in [4.69, 9.17) is 11.6 Å². The Bertz CT molecular complexity index is 635. The van der Waals surface area contributed by atoms with Crippen molar-refractivity contribution in [2.75, 3.05) is 0 Å². The lowest BCUT2D eigenvalue weighted by molar-refractivity contribution is -0.274. The molecule has 0 saturated carbocycles. The van der Waals surface area contributed by atoms with Gasteiger partial charge in [0.2, 0.25) is 0 Å². The fourth-order valence-electron chi connectivity index (χ4n) is 1.77. The maximum Gasteiger partial charge on any atom is 0.573 e. The van der Waals surface area contributed by atoms with Crippen LogP contribution in [0.5, 0.6) is 5.75 Å². The normalized spacial score (nSPS) is 11.2. The largest absolute Gasteiger partial charge is 0.573 e. The van der Waals surface area contributed by atoms with E-state index in [1.165, 1.54) is 12.1 Å². The highest BCUT2D eigenvalue weighted by Crippen LogP contribution is 2.35. The van der Waals surface area contributed by atoms with Crippen molar-refractivity contribution in [1.29, 1.82) is 0 Å². The Hall–Kier alpha value is -1.94. The fraction of sp³-hybridized carbons (Fsp3) is 0.0667. The SMILES string of the molecule is C=Cc1ccc(OC(F)(F)F)c(-c2cccc(Cl)c2)c1. The molecule has 2 aromatic rings. The lowest BCUT2D eigenvalue weighted by atomic mass is 10.0. The summed E-state index contributed by atoms with van der Waals surface area (Å²) in [7, 11) is 0. The van der Waals surface area contributed by atoms with Crippen LogP contribution >= 0.6 is 11.6 Å². The smallest absolute Gasteiger partial charge is 0.405 e. The van der Waals surface area contributed by atoms with Crippen LogP contribution in [0.2, 0.25) is 5.02 Å². The quantitative estimate of drug-likeness (QED) is 0.722. The van der Waals surface area contributed by atoms with Crippen molar-refractivity contribution in [3.8, 4) is 16.9 Å². The van der Waals surface area contributed by atoms with Crippen molar-refractivity contribution in [3.05, 3.63) is 59.6 Å². The molecule has 0 amide bonds. The minimum atomic E-state index is -4.75. The highest BCUT2D eigenvalue weighted by atomic mass is 35.5. The van der Waals surface area contributed by atoms with E-state index < -0.39 is 6.36 Å². The van der Waals surface area contributed by atoms with E-state index in [2.05, 4.69) is 11.3 Å². The second-order valence-electron chi connectivity index (χ2n) is 4.02. The summed E-state index contributed by atoms with van der Waals surface area (Å²) in [6, 6.07) is 10.9. The van der Waals surface area contributed by atoms with E-state index in [1.54, 1.807) is 36.4 Å². The van der Waals surface area contributed by atoms with Crippen LogP contribution in [0.3, 0.4) is 0 Å². The van der Waals surface area contributed by atoms with E-state index in [-0.39, 0.29) is 5.75 Å². The molecule has 0 aliphatic heterocycles. The first kappa shape index (κ1) is 14.5. The van der Waals surface area contributed by atoms with Gasteiger partial charge in [0.1, 0.15) is 5.75 Å². The average Bonchev–Trinajstić information content (AvgIpc) is 2.37. The molecular weight excluding hydrogens is 289 g/mol. The van der Waals surface area contributed by atoms with Gasteiger partial charge >= 0.3 is 6.36 Å². The van der Waals surface area contributed by atoms with Gasteiger partial charge < -0.3 is 4.74 Å². The summed E-state index contributed by atoms with van der Waals surface area (Å²) in [5.41, 5.74) is 1.54. The molecule has 2 aromatic carbocycles. The molecule has 0 saturated heterocycles. The average molecular weight is 299 g/mol. The molecule has 0 aliphatic rings. The summed E-state index contributed by atoms with van der Waals surface area (Å²) in [5, 5.41) is 0.435. The molecule has 5 heteroatoms. The maximum absolute atomic E-state index is 12.4. The molecule has 1 nitrogen and oxygen atoms in total. The fourth-order valence-corrected chi connectivity index (χ4v) is 1.96. The monoisotopic (exact) mass is 298 g/mol. The number of hydrogen-bond donors (Lipinski definition) is 0. The van der Waals surface area contributed by atoms with E-state index >= 15 is 0 Å². The van der Waals surface area contributed by atoms with Gasteiger partial charge in [-0.2, -0.15) is 0 Å². The molecule has 0 aromatic heterocycles. The zero-order chi connectivity index (χ0) is 14.8. The molecule has 0 radical (unpaired) electrons. The molecule has 0 spiro atoms. The van der Waals surface area contributed by atoms with Gasteiger partial charge in [-0.1, -0.05) is 42.5 Å². The number of rotatable bonds is 3. The molecule has 104 valence electrons. The van der Waals surface area contributed by atoms with Crippen LogP contribution in [0.25, 0.3) is 17.2 Å². The van der Waals surface area contributed by atoms with Gasteiger partial charge in [-0.15, -0.1) is 13.2 Å². The molecule has 0 fully saturated rings. The lowest BCUT2D eigenvalue weighted by Crippen LogP contribution is -2.17. The standard InChI is InChI=1S/C15H10ClF3O/c1-2-10-6-7-14(20-15(17,18)19)13(8-10)11-4-3-5-12(16)9-11/h2-9H,1H2. The molecular formula is C15H10ClF3O. The van der Waals surface area contributed by atoms with Crippen LogP contribution in [0.15, 0.2) is 49.0 Å². The van der Waals surface area contributed by atoms with E-state index in [0.29, 0.717) is 21.7 Å². The molecule has 0 heterocycles. The number of hydrogen-bond acceptors (Lipinski definition) is 1. The number of benzene rings is 2. The predicted octanol–water partition coefficient (Wildman–Crippen LogP) is 5.55. The summed E-state index contributed by atoms with van der Waals surface area (Å²) in [4.78, 5) is 0. The third-order valence-electron chi connectivity index (χ3n) is 2.60. The van der Waals surface area contributed by atoms with E-state index in [9.17, 15) is 13.2 Å². The summed E-state index contributed by atoms with van der Waals surface area (Å²) < 4.78 is 41.3. The Labute approximate surface area is 119 Å². The number of halogens is 4. The molecule has 0 atom stereocenters. The summed E-state index contributed by atoms with van der Waals surface area (Å²) in [5.74, 6) is -0.273. The third kappa shape index (κ3) is 3.54. The highest BCUT2D eigenvalue weighted by molar-refractivity contribution is 6.30. The van der Waals surface area contributed by atoms with Crippen LogP contribution in [-0.2, 0) is 0 Å². The summed E-state index contributed by atoms with van der Waals surface area (Å²) in [6.07, 6.45) is -3.20. The first-order valence-electron chi connectivity index (χ1n) is 5.67. The van der Waals surface area contributed by atoms with Crippen molar-refractivity contribution in [2.24, 2.45) is 0 Å².